The van der Waals surface area contributed by atoms with Gasteiger partial charge in [0.15, 0.2) is 5.13 Å². The predicted octanol–water partition coefficient (Wildman–Crippen LogP) is 2.67. The summed E-state index contributed by atoms with van der Waals surface area (Å²) in [4.78, 5) is 18.8. The fourth-order valence-electron chi connectivity index (χ4n) is 1.16. The molecule has 88 valence electrons. The predicted molar refractivity (Wildman–Crippen MR) is 68.7 cm³/mol. The average molecular weight is 314 g/mol. The molecule has 5 nitrogen and oxygen atoms in total. The highest BCUT2D eigenvalue weighted by atomic mass is 79.9. The fraction of sp³-hybridized carbons (Fsp3) is 0.100. The minimum Gasteiger partial charge on any atom is -0.481 e. The van der Waals surface area contributed by atoms with Crippen LogP contribution in [0.25, 0.3) is 0 Å². The number of aliphatic carboxylic acids is 1. The summed E-state index contributed by atoms with van der Waals surface area (Å²) in [6.07, 6.45) is 1.61. The van der Waals surface area contributed by atoms with Gasteiger partial charge in [-0.3, -0.25) is 4.79 Å². The van der Waals surface area contributed by atoms with E-state index in [0.717, 1.165) is 4.47 Å². The van der Waals surface area contributed by atoms with Gasteiger partial charge in [-0.1, -0.05) is 0 Å². The van der Waals surface area contributed by atoms with Gasteiger partial charge in [-0.25, -0.2) is 9.97 Å². The van der Waals surface area contributed by atoms with Crippen LogP contribution in [0.5, 0.6) is 0 Å². The van der Waals surface area contributed by atoms with Gasteiger partial charge in [0.05, 0.1) is 12.1 Å². The second-order valence-corrected chi connectivity index (χ2v) is 4.97. The first-order valence-corrected chi connectivity index (χ1v) is 6.35. The fourth-order valence-corrected chi connectivity index (χ4v) is 2.11. The number of carbonyl (C=O) groups is 1. The highest BCUT2D eigenvalue weighted by molar-refractivity contribution is 9.10. The summed E-state index contributed by atoms with van der Waals surface area (Å²) in [6.45, 7) is 0. The largest absolute Gasteiger partial charge is 0.481 e. The molecule has 2 rings (SSSR count). The molecule has 0 fully saturated rings. The molecule has 0 bridgehead atoms. The molecule has 0 amide bonds. The lowest BCUT2D eigenvalue weighted by atomic mass is 10.3. The van der Waals surface area contributed by atoms with Crippen molar-refractivity contribution >= 4 is 44.2 Å². The van der Waals surface area contributed by atoms with Gasteiger partial charge in [-0.15, -0.1) is 11.3 Å². The van der Waals surface area contributed by atoms with Crippen molar-refractivity contribution in [3.05, 3.63) is 33.9 Å². The monoisotopic (exact) mass is 313 g/mol. The zero-order valence-corrected chi connectivity index (χ0v) is 11.0. The molecule has 0 aliphatic carbocycles. The van der Waals surface area contributed by atoms with Crippen molar-refractivity contribution in [1.82, 2.24) is 9.97 Å². The van der Waals surface area contributed by atoms with Crippen molar-refractivity contribution < 1.29 is 9.90 Å². The molecular formula is C10H8BrN3O2S. The molecule has 17 heavy (non-hydrogen) atoms. The van der Waals surface area contributed by atoms with Gasteiger partial charge in [-0.2, -0.15) is 0 Å². The van der Waals surface area contributed by atoms with Crippen molar-refractivity contribution in [2.24, 2.45) is 0 Å². The maximum Gasteiger partial charge on any atom is 0.309 e. The van der Waals surface area contributed by atoms with Crippen LogP contribution in [0.4, 0.5) is 10.9 Å². The Morgan fingerprint density at radius 3 is 3.00 bits per heavy atom. The molecule has 0 atom stereocenters. The van der Waals surface area contributed by atoms with E-state index in [-0.39, 0.29) is 6.42 Å². The second kappa shape index (κ2) is 5.24. The number of hydrogen-bond donors (Lipinski definition) is 2. The molecule has 2 heterocycles. The molecule has 2 N–H and O–H groups in total. The minimum atomic E-state index is -0.886. The zero-order valence-electron chi connectivity index (χ0n) is 8.55. The average Bonchev–Trinajstić information content (AvgIpc) is 2.68. The third-order valence-electron chi connectivity index (χ3n) is 1.85. The van der Waals surface area contributed by atoms with Crippen LogP contribution in [-0.2, 0) is 11.2 Å². The van der Waals surface area contributed by atoms with Gasteiger partial charge in [0.1, 0.15) is 5.82 Å². The summed E-state index contributed by atoms with van der Waals surface area (Å²) in [5.74, 6) is -0.215. The Hall–Kier alpha value is -1.47. The van der Waals surface area contributed by atoms with E-state index in [9.17, 15) is 4.79 Å². The van der Waals surface area contributed by atoms with Crippen molar-refractivity contribution in [1.29, 1.82) is 0 Å². The van der Waals surface area contributed by atoms with Gasteiger partial charge in [0, 0.05) is 16.0 Å². The molecule has 0 saturated heterocycles. The molecule has 0 aliphatic rings. The number of rotatable bonds is 4. The lowest BCUT2D eigenvalue weighted by molar-refractivity contribution is -0.136. The number of halogens is 1. The van der Waals surface area contributed by atoms with Crippen molar-refractivity contribution in [3.63, 3.8) is 0 Å². The zero-order chi connectivity index (χ0) is 12.3. The maximum atomic E-state index is 10.5. The van der Waals surface area contributed by atoms with Gasteiger partial charge in [0.25, 0.3) is 0 Å². The van der Waals surface area contributed by atoms with E-state index in [4.69, 9.17) is 5.11 Å². The Morgan fingerprint density at radius 1 is 1.53 bits per heavy atom. The summed E-state index contributed by atoms with van der Waals surface area (Å²) < 4.78 is 0.897. The topological polar surface area (TPSA) is 75.1 Å². The van der Waals surface area contributed by atoms with Gasteiger partial charge >= 0.3 is 5.97 Å². The molecule has 7 heteroatoms. The van der Waals surface area contributed by atoms with E-state index in [1.165, 1.54) is 11.3 Å². The molecule has 0 unspecified atom stereocenters. The number of nitrogens with one attached hydrogen (secondary N) is 1. The SMILES string of the molecule is O=C(O)Cc1csc(Nc2ccc(Br)cn2)n1. The first-order valence-electron chi connectivity index (χ1n) is 4.68. The normalized spacial score (nSPS) is 10.2. The molecular weight excluding hydrogens is 306 g/mol. The number of nitrogens with zero attached hydrogens (tertiary/aromatic N) is 2. The number of aromatic nitrogens is 2. The maximum absolute atomic E-state index is 10.5. The number of anilines is 2. The molecule has 0 aromatic carbocycles. The highest BCUT2D eigenvalue weighted by Gasteiger charge is 2.06. The Balaban J connectivity index is 2.06. The number of pyridine rings is 1. The van der Waals surface area contributed by atoms with Crippen molar-refractivity contribution in [2.45, 2.75) is 6.42 Å². The Kier molecular flexibility index (Phi) is 3.70. The van der Waals surface area contributed by atoms with E-state index in [1.54, 1.807) is 11.6 Å². The number of hydrogen-bond acceptors (Lipinski definition) is 5. The highest BCUT2D eigenvalue weighted by Crippen LogP contribution is 2.20. The van der Waals surface area contributed by atoms with E-state index in [1.807, 2.05) is 12.1 Å². The van der Waals surface area contributed by atoms with E-state index in [0.29, 0.717) is 16.6 Å². The van der Waals surface area contributed by atoms with Crippen LogP contribution in [0.15, 0.2) is 28.2 Å². The molecule has 2 aromatic heterocycles. The van der Waals surface area contributed by atoms with Crippen LogP contribution in [0, 0.1) is 0 Å². The third kappa shape index (κ3) is 3.50. The van der Waals surface area contributed by atoms with Crippen LogP contribution in [-0.4, -0.2) is 21.0 Å². The van der Waals surface area contributed by atoms with Crippen molar-refractivity contribution in [2.75, 3.05) is 5.32 Å². The molecule has 0 radical (unpaired) electrons. The van der Waals surface area contributed by atoms with Crippen LogP contribution in [0.2, 0.25) is 0 Å². The first-order chi connectivity index (χ1) is 8.13. The Labute approximate surface area is 110 Å². The first kappa shape index (κ1) is 12.0. The minimum absolute atomic E-state index is 0.0635. The summed E-state index contributed by atoms with van der Waals surface area (Å²) in [6, 6.07) is 3.67. The van der Waals surface area contributed by atoms with Gasteiger partial charge in [-0.05, 0) is 28.1 Å². The Bertz CT molecular complexity index is 527. The molecule has 0 spiro atoms. The van der Waals surface area contributed by atoms with Gasteiger partial charge < -0.3 is 10.4 Å². The third-order valence-corrected chi connectivity index (χ3v) is 3.12. The van der Waals surface area contributed by atoms with E-state index >= 15 is 0 Å². The lowest BCUT2D eigenvalue weighted by Gasteiger charge is -2.00. The van der Waals surface area contributed by atoms with E-state index in [2.05, 4.69) is 31.2 Å². The molecule has 0 saturated carbocycles. The quantitative estimate of drug-likeness (QED) is 0.907. The lowest BCUT2D eigenvalue weighted by Crippen LogP contribution is -2.00. The summed E-state index contributed by atoms with van der Waals surface area (Å²) in [7, 11) is 0. The van der Waals surface area contributed by atoms with Gasteiger partial charge in [0.2, 0.25) is 0 Å². The van der Waals surface area contributed by atoms with Crippen LogP contribution in [0.1, 0.15) is 5.69 Å². The molecule has 0 aliphatic heterocycles. The summed E-state index contributed by atoms with van der Waals surface area (Å²) in [5, 5.41) is 14.0. The standard InChI is InChI=1S/C10H8BrN3O2S/c11-6-1-2-8(12-4-6)14-10-13-7(5-17-10)3-9(15)16/h1-2,4-5H,3H2,(H,15,16)(H,12,13,14). The second-order valence-electron chi connectivity index (χ2n) is 3.20. The molecule has 2 aromatic rings. The van der Waals surface area contributed by atoms with Crippen LogP contribution >= 0.6 is 27.3 Å². The van der Waals surface area contributed by atoms with Crippen molar-refractivity contribution in [3.8, 4) is 0 Å². The number of thiazole rings is 1. The summed E-state index contributed by atoms with van der Waals surface area (Å²) in [5.41, 5.74) is 0.544. The Morgan fingerprint density at radius 2 is 2.35 bits per heavy atom. The number of carboxylic acids is 1. The van der Waals surface area contributed by atoms with E-state index < -0.39 is 5.97 Å². The smallest absolute Gasteiger partial charge is 0.309 e. The van der Waals surface area contributed by atoms with Crippen LogP contribution in [0.3, 0.4) is 0 Å². The number of carboxylic acid groups (broad SMARTS) is 1. The van der Waals surface area contributed by atoms with Crippen LogP contribution < -0.4 is 5.32 Å². The summed E-state index contributed by atoms with van der Waals surface area (Å²) >= 11 is 4.65.